The van der Waals surface area contributed by atoms with E-state index in [4.69, 9.17) is 5.26 Å². The minimum absolute atomic E-state index is 0.742. The normalized spacial score (nSPS) is 10.1. The Bertz CT molecular complexity index is 578. The quantitative estimate of drug-likeness (QED) is 0.893. The molecule has 0 aliphatic heterocycles. The second-order valence-corrected chi connectivity index (χ2v) is 5.22. The summed E-state index contributed by atoms with van der Waals surface area (Å²) < 4.78 is 0. The maximum atomic E-state index is 8.89. The summed E-state index contributed by atoms with van der Waals surface area (Å²) in [5.74, 6) is 0. The van der Waals surface area contributed by atoms with Gasteiger partial charge in [0.25, 0.3) is 0 Å². The van der Waals surface area contributed by atoms with Gasteiger partial charge in [-0.05, 0) is 54.1 Å². The van der Waals surface area contributed by atoms with Gasteiger partial charge >= 0.3 is 0 Å². The van der Waals surface area contributed by atoms with E-state index in [2.05, 4.69) is 29.8 Å². The fraction of sp³-hybridized carbons (Fsp3) is 0.267. The predicted molar refractivity (Wildman–Crippen MR) is 76.9 cm³/mol. The highest BCUT2D eigenvalue weighted by Gasteiger charge is 2.03. The number of hydrogen-bond acceptors (Lipinski definition) is 3. The molecule has 92 valence electrons. The second-order valence-electron chi connectivity index (χ2n) is 4.22. The van der Waals surface area contributed by atoms with Crippen molar-refractivity contribution in [2.45, 2.75) is 26.8 Å². The van der Waals surface area contributed by atoms with Gasteiger partial charge in [-0.15, -0.1) is 11.3 Å². The number of rotatable bonds is 4. The van der Waals surface area contributed by atoms with Crippen molar-refractivity contribution in [3.8, 4) is 6.07 Å². The lowest BCUT2D eigenvalue weighted by Crippen LogP contribution is -2.00. The Morgan fingerprint density at radius 1 is 1.33 bits per heavy atom. The highest BCUT2D eigenvalue weighted by atomic mass is 32.1. The monoisotopic (exact) mass is 256 g/mol. The average Bonchev–Trinajstić information content (AvgIpc) is 2.84. The standard InChI is InChI=1S/C15H16N2S/c1-3-12-6-7-18-15(12)10-17-14-5-4-13(9-16)11(2)8-14/h4-8,17H,3,10H2,1-2H3. The zero-order chi connectivity index (χ0) is 13.0. The Morgan fingerprint density at radius 3 is 2.83 bits per heavy atom. The van der Waals surface area contributed by atoms with Crippen LogP contribution in [0, 0.1) is 18.3 Å². The molecule has 0 aliphatic rings. The van der Waals surface area contributed by atoms with E-state index in [-0.39, 0.29) is 0 Å². The zero-order valence-electron chi connectivity index (χ0n) is 10.7. The molecular formula is C15H16N2S. The van der Waals surface area contributed by atoms with Crippen LogP contribution >= 0.6 is 11.3 Å². The summed E-state index contributed by atoms with van der Waals surface area (Å²) in [5.41, 5.74) is 4.25. The Hall–Kier alpha value is -1.79. The van der Waals surface area contributed by atoms with Crippen LogP contribution in [0.25, 0.3) is 0 Å². The molecule has 2 rings (SSSR count). The van der Waals surface area contributed by atoms with E-state index in [0.717, 1.165) is 29.8 Å². The molecule has 1 aromatic heterocycles. The SMILES string of the molecule is CCc1ccsc1CNc1ccc(C#N)c(C)c1. The van der Waals surface area contributed by atoms with Crippen molar-refractivity contribution < 1.29 is 0 Å². The summed E-state index contributed by atoms with van der Waals surface area (Å²) in [6.45, 7) is 5.00. The molecule has 1 aromatic carbocycles. The first-order chi connectivity index (χ1) is 8.74. The van der Waals surface area contributed by atoms with Gasteiger partial charge in [0.1, 0.15) is 0 Å². The molecule has 2 nitrogen and oxygen atoms in total. The molecular weight excluding hydrogens is 240 g/mol. The van der Waals surface area contributed by atoms with Crippen LogP contribution in [0.5, 0.6) is 0 Å². The maximum Gasteiger partial charge on any atom is 0.0994 e. The maximum absolute atomic E-state index is 8.89. The lowest BCUT2D eigenvalue weighted by atomic mass is 10.1. The van der Waals surface area contributed by atoms with Crippen LogP contribution in [0.15, 0.2) is 29.6 Å². The van der Waals surface area contributed by atoms with Crippen LogP contribution in [-0.2, 0) is 13.0 Å². The summed E-state index contributed by atoms with van der Waals surface area (Å²) in [5, 5.41) is 14.4. The highest BCUT2D eigenvalue weighted by Crippen LogP contribution is 2.20. The summed E-state index contributed by atoms with van der Waals surface area (Å²) in [7, 11) is 0. The second kappa shape index (κ2) is 5.70. The van der Waals surface area contributed by atoms with E-state index >= 15 is 0 Å². The molecule has 0 amide bonds. The van der Waals surface area contributed by atoms with Crippen LogP contribution < -0.4 is 5.32 Å². The summed E-state index contributed by atoms with van der Waals surface area (Å²) in [6, 6.07) is 10.2. The Balaban J connectivity index is 2.07. The third kappa shape index (κ3) is 2.72. The van der Waals surface area contributed by atoms with E-state index in [1.807, 2.05) is 25.1 Å². The molecule has 1 heterocycles. The smallest absolute Gasteiger partial charge is 0.0994 e. The van der Waals surface area contributed by atoms with Crippen molar-refractivity contribution in [2.75, 3.05) is 5.32 Å². The molecule has 0 fully saturated rings. The van der Waals surface area contributed by atoms with Gasteiger partial charge in [-0.1, -0.05) is 6.92 Å². The summed E-state index contributed by atoms with van der Waals surface area (Å²) >= 11 is 1.79. The van der Waals surface area contributed by atoms with Crippen LogP contribution in [0.4, 0.5) is 5.69 Å². The topological polar surface area (TPSA) is 35.8 Å². The predicted octanol–water partition coefficient (Wildman–Crippen LogP) is 4.10. The van der Waals surface area contributed by atoms with Gasteiger partial charge in [0.2, 0.25) is 0 Å². The van der Waals surface area contributed by atoms with Crippen LogP contribution in [0.3, 0.4) is 0 Å². The molecule has 3 heteroatoms. The minimum Gasteiger partial charge on any atom is -0.380 e. The molecule has 0 aliphatic carbocycles. The number of aryl methyl sites for hydroxylation is 2. The molecule has 0 bridgehead atoms. The molecule has 0 unspecified atom stereocenters. The lowest BCUT2D eigenvalue weighted by molar-refractivity contribution is 1.08. The number of benzene rings is 1. The molecule has 0 spiro atoms. The average molecular weight is 256 g/mol. The fourth-order valence-electron chi connectivity index (χ4n) is 1.92. The van der Waals surface area contributed by atoms with Crippen molar-refractivity contribution in [1.82, 2.24) is 0 Å². The lowest BCUT2D eigenvalue weighted by Gasteiger charge is -2.08. The largest absolute Gasteiger partial charge is 0.380 e. The fourth-order valence-corrected chi connectivity index (χ4v) is 2.83. The number of nitrogens with one attached hydrogen (secondary N) is 1. The number of anilines is 1. The van der Waals surface area contributed by atoms with E-state index in [1.54, 1.807) is 11.3 Å². The van der Waals surface area contributed by atoms with Gasteiger partial charge < -0.3 is 5.32 Å². The first-order valence-corrected chi connectivity index (χ1v) is 6.92. The number of nitriles is 1. The number of thiophene rings is 1. The molecule has 18 heavy (non-hydrogen) atoms. The van der Waals surface area contributed by atoms with Crippen LogP contribution in [0.2, 0.25) is 0 Å². The minimum atomic E-state index is 0.742. The number of nitrogens with zero attached hydrogens (tertiary/aromatic N) is 1. The first-order valence-electron chi connectivity index (χ1n) is 6.04. The summed E-state index contributed by atoms with van der Waals surface area (Å²) in [6.07, 6.45) is 1.08. The van der Waals surface area contributed by atoms with Crippen molar-refractivity contribution in [1.29, 1.82) is 5.26 Å². The van der Waals surface area contributed by atoms with Crippen molar-refractivity contribution in [3.63, 3.8) is 0 Å². The molecule has 0 radical (unpaired) electrons. The molecule has 0 saturated carbocycles. The first kappa shape index (κ1) is 12.7. The van der Waals surface area contributed by atoms with Crippen molar-refractivity contribution in [2.24, 2.45) is 0 Å². The van der Waals surface area contributed by atoms with Crippen molar-refractivity contribution in [3.05, 3.63) is 51.2 Å². The number of hydrogen-bond donors (Lipinski definition) is 1. The zero-order valence-corrected chi connectivity index (χ0v) is 11.5. The van der Waals surface area contributed by atoms with Crippen LogP contribution in [-0.4, -0.2) is 0 Å². The van der Waals surface area contributed by atoms with Gasteiger partial charge in [-0.25, -0.2) is 0 Å². The van der Waals surface area contributed by atoms with E-state index in [1.165, 1.54) is 10.4 Å². The van der Waals surface area contributed by atoms with Gasteiger partial charge in [-0.2, -0.15) is 5.26 Å². The highest BCUT2D eigenvalue weighted by molar-refractivity contribution is 7.10. The molecule has 0 saturated heterocycles. The van der Waals surface area contributed by atoms with Gasteiger partial charge in [-0.3, -0.25) is 0 Å². The van der Waals surface area contributed by atoms with Gasteiger partial charge in [0, 0.05) is 17.1 Å². The van der Waals surface area contributed by atoms with Gasteiger partial charge in [0.05, 0.1) is 11.6 Å². The molecule has 2 aromatic rings. The third-order valence-corrected chi connectivity index (χ3v) is 3.98. The van der Waals surface area contributed by atoms with Crippen molar-refractivity contribution >= 4 is 17.0 Å². The third-order valence-electron chi connectivity index (χ3n) is 3.02. The van der Waals surface area contributed by atoms with E-state index in [9.17, 15) is 0 Å². The molecule has 1 N–H and O–H groups in total. The van der Waals surface area contributed by atoms with Gasteiger partial charge in [0.15, 0.2) is 0 Å². The summed E-state index contributed by atoms with van der Waals surface area (Å²) in [4.78, 5) is 1.39. The Kier molecular flexibility index (Phi) is 4.01. The van der Waals surface area contributed by atoms with E-state index < -0.39 is 0 Å². The van der Waals surface area contributed by atoms with Crippen LogP contribution in [0.1, 0.15) is 28.5 Å². The Labute approximate surface area is 112 Å². The molecule has 0 atom stereocenters. The van der Waals surface area contributed by atoms with E-state index in [0.29, 0.717) is 0 Å². The Morgan fingerprint density at radius 2 is 2.17 bits per heavy atom.